The summed E-state index contributed by atoms with van der Waals surface area (Å²) in [6.45, 7) is 7.75. The Morgan fingerprint density at radius 1 is 1.13 bits per heavy atom. The van der Waals surface area contributed by atoms with Crippen molar-refractivity contribution in [2.45, 2.75) is 45.4 Å². The van der Waals surface area contributed by atoms with Gasteiger partial charge in [-0.05, 0) is 44.7 Å². The van der Waals surface area contributed by atoms with Crippen LogP contribution in [0, 0.1) is 12.9 Å². The first-order chi connectivity index (χ1) is 15.1. The van der Waals surface area contributed by atoms with Crippen LogP contribution in [0.1, 0.15) is 49.8 Å². The first kappa shape index (κ1) is 20.4. The summed E-state index contributed by atoms with van der Waals surface area (Å²) in [5.41, 5.74) is 3.00. The molecule has 0 bridgehead atoms. The summed E-state index contributed by atoms with van der Waals surface area (Å²) in [4.78, 5) is 20.1. The molecule has 2 unspecified atom stereocenters. The first-order valence-corrected chi connectivity index (χ1v) is 10.9. The second-order valence-electron chi connectivity index (χ2n) is 8.20. The number of nitrogens with zero attached hydrogens (tertiary/aromatic N) is 6. The fourth-order valence-electron chi connectivity index (χ4n) is 4.40. The number of fused-ring (bicyclic) bond motifs is 1. The van der Waals surface area contributed by atoms with Crippen molar-refractivity contribution in [3.63, 3.8) is 0 Å². The molecule has 5 rings (SSSR count). The molecular formula is C22H27FN6O2. The predicted octanol–water partition coefficient (Wildman–Crippen LogP) is 3.43. The Morgan fingerprint density at radius 2 is 1.97 bits per heavy atom. The van der Waals surface area contributed by atoms with E-state index in [0.717, 1.165) is 44.5 Å². The van der Waals surface area contributed by atoms with Crippen molar-refractivity contribution in [2.24, 2.45) is 0 Å². The molecule has 0 aromatic carbocycles. The molecule has 3 aromatic heterocycles. The Labute approximate surface area is 180 Å². The van der Waals surface area contributed by atoms with Gasteiger partial charge in [-0.2, -0.15) is 4.39 Å². The van der Waals surface area contributed by atoms with E-state index in [-0.39, 0.29) is 12.3 Å². The van der Waals surface area contributed by atoms with Crippen LogP contribution in [0.2, 0.25) is 0 Å². The predicted molar refractivity (Wildman–Crippen MR) is 113 cm³/mol. The number of halogens is 1. The lowest BCUT2D eigenvalue weighted by Gasteiger charge is -2.32. The number of aromatic nitrogens is 5. The van der Waals surface area contributed by atoms with Gasteiger partial charge in [-0.15, -0.1) is 0 Å². The van der Waals surface area contributed by atoms with Gasteiger partial charge in [-0.3, -0.25) is 9.47 Å². The minimum absolute atomic E-state index is 0.0994. The van der Waals surface area contributed by atoms with Crippen molar-refractivity contribution in [1.82, 2.24) is 29.4 Å². The minimum atomic E-state index is -0.555. The van der Waals surface area contributed by atoms with Crippen LogP contribution in [0.25, 0.3) is 22.4 Å². The molecule has 0 N–H and O–H groups in total. The third kappa shape index (κ3) is 3.93. The van der Waals surface area contributed by atoms with Crippen molar-refractivity contribution in [3.05, 3.63) is 35.9 Å². The third-order valence-corrected chi connectivity index (χ3v) is 6.19. The number of aryl methyl sites for hydroxylation is 1. The van der Waals surface area contributed by atoms with E-state index in [4.69, 9.17) is 9.47 Å². The topological polar surface area (TPSA) is 78.2 Å². The summed E-state index contributed by atoms with van der Waals surface area (Å²) >= 11 is 0. The number of morpholine rings is 1. The summed E-state index contributed by atoms with van der Waals surface area (Å²) in [5.74, 6) is 0.00637. The van der Waals surface area contributed by atoms with Crippen LogP contribution in [-0.2, 0) is 9.47 Å². The molecule has 31 heavy (non-hydrogen) atoms. The Hall–Kier alpha value is -2.49. The lowest BCUT2D eigenvalue weighted by atomic mass is 10.0. The van der Waals surface area contributed by atoms with Gasteiger partial charge in [0, 0.05) is 31.9 Å². The molecule has 2 atom stereocenters. The quantitative estimate of drug-likeness (QED) is 0.592. The van der Waals surface area contributed by atoms with E-state index in [9.17, 15) is 4.39 Å². The van der Waals surface area contributed by atoms with Gasteiger partial charge >= 0.3 is 0 Å². The van der Waals surface area contributed by atoms with E-state index in [0.29, 0.717) is 41.5 Å². The van der Waals surface area contributed by atoms with E-state index < -0.39 is 5.95 Å². The molecule has 2 fully saturated rings. The first-order valence-electron chi connectivity index (χ1n) is 10.9. The number of hydrogen-bond acceptors (Lipinski definition) is 7. The summed E-state index contributed by atoms with van der Waals surface area (Å²) < 4.78 is 28.2. The van der Waals surface area contributed by atoms with Crippen molar-refractivity contribution in [3.8, 4) is 11.3 Å². The highest BCUT2D eigenvalue weighted by molar-refractivity contribution is 5.87. The van der Waals surface area contributed by atoms with Crippen molar-refractivity contribution in [1.29, 1.82) is 0 Å². The zero-order chi connectivity index (χ0) is 21.4. The molecule has 0 aliphatic carbocycles. The standard InChI is InChI=1S/C22H27FN6O2/c1-14(28-6-9-30-10-7-28)16-11-17(21(23)24-12-16)19-20-22(27-15(2)26-19)29(13-25-20)18-5-3-4-8-31-18/h11-14,18H,3-10H2,1-2H3. The molecule has 9 heteroatoms. The Bertz CT molecular complexity index is 1080. The van der Waals surface area contributed by atoms with Crippen molar-refractivity contribution >= 4 is 11.2 Å². The molecule has 0 radical (unpaired) electrons. The molecule has 5 heterocycles. The SMILES string of the molecule is Cc1nc(-c2cc(C(C)N3CCOCC3)cnc2F)c2ncn(C3CCCCO3)c2n1. The highest BCUT2D eigenvalue weighted by Crippen LogP contribution is 2.32. The monoisotopic (exact) mass is 426 g/mol. The molecule has 2 aliphatic heterocycles. The fourth-order valence-corrected chi connectivity index (χ4v) is 4.40. The molecule has 0 amide bonds. The van der Waals surface area contributed by atoms with Gasteiger partial charge in [0.1, 0.15) is 23.3 Å². The maximum absolute atomic E-state index is 14.9. The van der Waals surface area contributed by atoms with Crippen molar-refractivity contribution < 1.29 is 13.9 Å². The lowest BCUT2D eigenvalue weighted by molar-refractivity contribution is -0.0298. The number of pyridine rings is 1. The van der Waals surface area contributed by atoms with Crippen LogP contribution in [0.5, 0.6) is 0 Å². The van der Waals surface area contributed by atoms with Gasteiger partial charge in [-0.25, -0.2) is 19.9 Å². The van der Waals surface area contributed by atoms with Crippen LogP contribution >= 0.6 is 0 Å². The van der Waals surface area contributed by atoms with Crippen molar-refractivity contribution in [2.75, 3.05) is 32.9 Å². The van der Waals surface area contributed by atoms with Gasteiger partial charge in [0.05, 0.1) is 25.1 Å². The Kier molecular flexibility index (Phi) is 5.64. The van der Waals surface area contributed by atoms with Gasteiger partial charge in [-0.1, -0.05) is 0 Å². The summed E-state index contributed by atoms with van der Waals surface area (Å²) in [6.07, 6.45) is 6.31. The van der Waals surface area contributed by atoms with E-state index in [1.54, 1.807) is 12.5 Å². The van der Waals surface area contributed by atoms with E-state index in [1.165, 1.54) is 0 Å². The number of imidazole rings is 1. The average molecular weight is 426 g/mol. The third-order valence-electron chi connectivity index (χ3n) is 6.19. The largest absolute Gasteiger partial charge is 0.379 e. The van der Waals surface area contributed by atoms with Crippen LogP contribution in [0.15, 0.2) is 18.6 Å². The molecule has 164 valence electrons. The minimum Gasteiger partial charge on any atom is -0.379 e. The maximum Gasteiger partial charge on any atom is 0.222 e. The van der Waals surface area contributed by atoms with Gasteiger partial charge < -0.3 is 9.47 Å². The highest BCUT2D eigenvalue weighted by atomic mass is 19.1. The second-order valence-corrected chi connectivity index (χ2v) is 8.20. The smallest absolute Gasteiger partial charge is 0.222 e. The van der Waals surface area contributed by atoms with Crippen LogP contribution in [0.4, 0.5) is 4.39 Å². The number of hydrogen-bond donors (Lipinski definition) is 0. The van der Waals surface area contributed by atoms with E-state index in [1.807, 2.05) is 17.6 Å². The number of rotatable bonds is 4. The zero-order valence-electron chi connectivity index (χ0n) is 17.9. The van der Waals surface area contributed by atoms with Gasteiger partial charge in [0.2, 0.25) is 5.95 Å². The average Bonchev–Trinajstić information content (AvgIpc) is 3.23. The number of ether oxygens (including phenoxy) is 2. The molecule has 2 saturated heterocycles. The zero-order valence-corrected chi connectivity index (χ0v) is 17.9. The van der Waals surface area contributed by atoms with Crippen LogP contribution in [0.3, 0.4) is 0 Å². The Morgan fingerprint density at radius 3 is 2.74 bits per heavy atom. The molecule has 2 aliphatic rings. The van der Waals surface area contributed by atoms with Gasteiger partial charge in [0.15, 0.2) is 5.65 Å². The van der Waals surface area contributed by atoms with E-state index >= 15 is 0 Å². The van der Waals surface area contributed by atoms with Gasteiger partial charge in [0.25, 0.3) is 0 Å². The van der Waals surface area contributed by atoms with Crippen LogP contribution < -0.4 is 0 Å². The second kappa shape index (κ2) is 8.57. The van der Waals surface area contributed by atoms with E-state index in [2.05, 4.69) is 31.8 Å². The summed E-state index contributed by atoms with van der Waals surface area (Å²) in [6, 6.07) is 1.95. The van der Waals surface area contributed by atoms with Crippen LogP contribution in [-0.4, -0.2) is 62.3 Å². The molecule has 0 spiro atoms. The normalized spacial score (nSPS) is 21.5. The lowest BCUT2D eigenvalue weighted by Crippen LogP contribution is -2.38. The highest BCUT2D eigenvalue weighted by Gasteiger charge is 2.24. The maximum atomic E-state index is 14.9. The Balaban J connectivity index is 1.56. The molecule has 3 aromatic rings. The molecule has 8 nitrogen and oxygen atoms in total. The fraction of sp³-hybridized carbons (Fsp3) is 0.545. The molecular weight excluding hydrogens is 399 g/mol. The summed E-state index contributed by atoms with van der Waals surface area (Å²) in [7, 11) is 0. The molecule has 0 saturated carbocycles. The summed E-state index contributed by atoms with van der Waals surface area (Å²) in [5, 5.41) is 0.